The fourth-order valence-electron chi connectivity index (χ4n) is 1.12. The third kappa shape index (κ3) is 7.88. The molecular formula is C11H18O4. The van der Waals surface area contributed by atoms with Gasteiger partial charge < -0.3 is 9.84 Å². The maximum absolute atomic E-state index is 11.2. The molecule has 0 saturated heterocycles. The molecule has 1 N–H and O–H groups in total. The maximum Gasteiger partial charge on any atom is 0.313 e. The van der Waals surface area contributed by atoms with E-state index >= 15 is 0 Å². The predicted octanol–water partition coefficient (Wildman–Crippen LogP) is 1.23. The van der Waals surface area contributed by atoms with Crippen molar-refractivity contribution in [1.82, 2.24) is 0 Å². The fourth-order valence-corrected chi connectivity index (χ4v) is 1.12. The first-order valence-corrected chi connectivity index (χ1v) is 4.96. The van der Waals surface area contributed by atoms with E-state index in [1.54, 1.807) is 13.0 Å². The average molecular weight is 214 g/mol. The molecule has 4 heteroatoms. The monoisotopic (exact) mass is 214 g/mol. The van der Waals surface area contributed by atoms with Gasteiger partial charge in [-0.25, -0.2) is 0 Å². The van der Waals surface area contributed by atoms with Crippen molar-refractivity contribution in [3.63, 3.8) is 0 Å². The highest BCUT2D eigenvalue weighted by atomic mass is 16.5. The highest BCUT2D eigenvalue weighted by Gasteiger charge is 2.13. The first kappa shape index (κ1) is 13.8. The number of carbonyl (C=O) groups excluding carboxylic acids is 2. The van der Waals surface area contributed by atoms with Crippen LogP contribution in [0.4, 0.5) is 0 Å². The summed E-state index contributed by atoms with van der Waals surface area (Å²) in [6, 6.07) is 0. The molecule has 4 nitrogen and oxygen atoms in total. The Hall–Kier alpha value is -1.16. The Morgan fingerprint density at radius 3 is 2.47 bits per heavy atom. The molecule has 0 aliphatic rings. The van der Waals surface area contributed by atoms with Crippen LogP contribution in [0.1, 0.15) is 33.6 Å². The predicted molar refractivity (Wildman–Crippen MR) is 56.3 cm³/mol. The lowest BCUT2D eigenvalue weighted by Gasteiger charge is -2.05. The van der Waals surface area contributed by atoms with Gasteiger partial charge in [-0.05, 0) is 20.8 Å². The van der Waals surface area contributed by atoms with Crippen LogP contribution in [-0.2, 0) is 14.3 Å². The Labute approximate surface area is 89.9 Å². The zero-order valence-corrected chi connectivity index (χ0v) is 9.45. The average Bonchev–Trinajstić information content (AvgIpc) is 2.00. The molecular weight excluding hydrogens is 196 g/mol. The highest BCUT2D eigenvalue weighted by Crippen LogP contribution is 2.02. The Bertz CT molecular complexity index is 251. The van der Waals surface area contributed by atoms with E-state index in [0.29, 0.717) is 0 Å². The third-order valence-corrected chi connectivity index (χ3v) is 1.61. The number of aliphatic hydroxyl groups excluding tert-OH is 1. The summed E-state index contributed by atoms with van der Waals surface area (Å²) < 4.78 is 4.62. The number of ether oxygens (including phenoxy) is 1. The van der Waals surface area contributed by atoms with E-state index in [0.717, 1.165) is 5.57 Å². The van der Waals surface area contributed by atoms with Crippen molar-refractivity contribution in [1.29, 1.82) is 0 Å². The fraction of sp³-hybridized carbons (Fsp3) is 0.636. The van der Waals surface area contributed by atoms with Gasteiger partial charge in [0.15, 0.2) is 0 Å². The second-order valence-electron chi connectivity index (χ2n) is 3.54. The van der Waals surface area contributed by atoms with Gasteiger partial charge in [0.1, 0.15) is 12.2 Å². The summed E-state index contributed by atoms with van der Waals surface area (Å²) in [4.78, 5) is 22.1. The van der Waals surface area contributed by atoms with E-state index in [9.17, 15) is 14.7 Å². The van der Waals surface area contributed by atoms with Crippen LogP contribution in [0.3, 0.4) is 0 Å². The SMILES string of the molecule is CCOC(=O)CC(=O)CC(O)C=C(C)C. The number of esters is 1. The minimum Gasteiger partial charge on any atom is -0.466 e. The highest BCUT2D eigenvalue weighted by molar-refractivity contribution is 5.95. The molecule has 0 bridgehead atoms. The van der Waals surface area contributed by atoms with Crippen LogP contribution < -0.4 is 0 Å². The molecule has 0 amide bonds. The molecule has 1 atom stereocenters. The molecule has 0 spiro atoms. The van der Waals surface area contributed by atoms with Crippen molar-refractivity contribution in [2.75, 3.05) is 6.61 Å². The van der Waals surface area contributed by atoms with Gasteiger partial charge in [0, 0.05) is 6.42 Å². The second-order valence-corrected chi connectivity index (χ2v) is 3.54. The molecule has 0 radical (unpaired) electrons. The summed E-state index contributed by atoms with van der Waals surface area (Å²) in [5, 5.41) is 9.38. The topological polar surface area (TPSA) is 63.6 Å². The van der Waals surface area contributed by atoms with Crippen LogP contribution in [0.25, 0.3) is 0 Å². The molecule has 0 aromatic carbocycles. The summed E-state index contributed by atoms with van der Waals surface area (Å²) in [7, 11) is 0. The zero-order valence-electron chi connectivity index (χ0n) is 9.45. The molecule has 0 fully saturated rings. The van der Waals surface area contributed by atoms with Crippen molar-refractivity contribution < 1.29 is 19.4 Å². The van der Waals surface area contributed by atoms with Gasteiger partial charge in [0.25, 0.3) is 0 Å². The lowest BCUT2D eigenvalue weighted by molar-refractivity contribution is -0.145. The number of hydrogen-bond donors (Lipinski definition) is 1. The zero-order chi connectivity index (χ0) is 11.8. The van der Waals surface area contributed by atoms with Crippen LogP contribution in [0, 0.1) is 0 Å². The van der Waals surface area contributed by atoms with Crippen LogP contribution in [0.2, 0.25) is 0 Å². The van der Waals surface area contributed by atoms with Crippen molar-refractivity contribution in [2.24, 2.45) is 0 Å². The number of Topliss-reactive ketones (excluding diaryl/α,β-unsaturated/α-hetero) is 1. The number of hydrogen-bond acceptors (Lipinski definition) is 4. The Kier molecular flexibility index (Phi) is 6.62. The molecule has 86 valence electrons. The molecule has 0 aromatic rings. The van der Waals surface area contributed by atoms with Gasteiger partial charge in [-0.1, -0.05) is 11.6 Å². The van der Waals surface area contributed by atoms with E-state index in [-0.39, 0.29) is 25.2 Å². The van der Waals surface area contributed by atoms with E-state index in [1.165, 1.54) is 0 Å². The third-order valence-electron chi connectivity index (χ3n) is 1.61. The van der Waals surface area contributed by atoms with Crippen molar-refractivity contribution >= 4 is 11.8 Å². The molecule has 0 heterocycles. The standard InChI is InChI=1S/C11H18O4/c1-4-15-11(14)7-10(13)6-9(12)5-8(2)3/h5,9,12H,4,6-7H2,1-3H3. The van der Waals surface area contributed by atoms with E-state index in [4.69, 9.17) is 0 Å². The largest absolute Gasteiger partial charge is 0.466 e. The van der Waals surface area contributed by atoms with E-state index in [1.807, 2.05) is 13.8 Å². The van der Waals surface area contributed by atoms with Gasteiger partial charge in [0.05, 0.1) is 12.7 Å². The normalized spacial score (nSPS) is 11.7. The molecule has 0 rings (SSSR count). The minimum absolute atomic E-state index is 0.0377. The summed E-state index contributed by atoms with van der Waals surface area (Å²) in [5.41, 5.74) is 0.937. The lowest BCUT2D eigenvalue weighted by atomic mass is 10.1. The van der Waals surface area contributed by atoms with Crippen LogP contribution in [-0.4, -0.2) is 29.6 Å². The molecule has 0 aromatic heterocycles. The lowest BCUT2D eigenvalue weighted by Crippen LogP contribution is -2.16. The number of ketones is 1. The quantitative estimate of drug-likeness (QED) is 0.410. The van der Waals surface area contributed by atoms with Gasteiger partial charge in [-0.3, -0.25) is 9.59 Å². The number of allylic oxidation sites excluding steroid dienone is 1. The maximum atomic E-state index is 11.2. The summed E-state index contributed by atoms with van der Waals surface area (Å²) in [5.74, 6) is -0.842. The van der Waals surface area contributed by atoms with Crippen LogP contribution in [0.5, 0.6) is 0 Å². The molecule has 0 saturated carbocycles. The smallest absolute Gasteiger partial charge is 0.313 e. The Morgan fingerprint density at radius 1 is 1.40 bits per heavy atom. The van der Waals surface area contributed by atoms with E-state index in [2.05, 4.69) is 4.74 Å². The minimum atomic E-state index is -0.808. The molecule has 1 unspecified atom stereocenters. The van der Waals surface area contributed by atoms with Crippen LogP contribution in [0.15, 0.2) is 11.6 Å². The molecule has 15 heavy (non-hydrogen) atoms. The first-order chi connectivity index (χ1) is 6.95. The summed E-state index contributed by atoms with van der Waals surface area (Å²) in [6.45, 7) is 5.61. The van der Waals surface area contributed by atoms with Crippen molar-refractivity contribution in [3.8, 4) is 0 Å². The second kappa shape index (κ2) is 7.17. The number of rotatable bonds is 6. The van der Waals surface area contributed by atoms with Crippen LogP contribution >= 0.6 is 0 Å². The van der Waals surface area contributed by atoms with Gasteiger partial charge >= 0.3 is 5.97 Å². The van der Waals surface area contributed by atoms with Gasteiger partial charge in [0.2, 0.25) is 0 Å². The summed E-state index contributed by atoms with van der Waals surface area (Å²) >= 11 is 0. The van der Waals surface area contributed by atoms with E-state index < -0.39 is 12.1 Å². The Morgan fingerprint density at radius 2 is 2.00 bits per heavy atom. The molecule has 0 aliphatic heterocycles. The Balaban J connectivity index is 3.93. The summed E-state index contributed by atoms with van der Waals surface area (Å²) in [6.07, 6.45) is 0.478. The number of aliphatic hydroxyl groups is 1. The number of carbonyl (C=O) groups is 2. The van der Waals surface area contributed by atoms with Crippen molar-refractivity contribution in [2.45, 2.75) is 39.7 Å². The van der Waals surface area contributed by atoms with Gasteiger partial charge in [-0.15, -0.1) is 0 Å². The van der Waals surface area contributed by atoms with Gasteiger partial charge in [-0.2, -0.15) is 0 Å². The first-order valence-electron chi connectivity index (χ1n) is 4.96. The van der Waals surface area contributed by atoms with Crippen molar-refractivity contribution in [3.05, 3.63) is 11.6 Å². The molecule has 0 aliphatic carbocycles.